The molecule has 1 saturated heterocycles. The molecule has 27 heavy (non-hydrogen) atoms. The van der Waals surface area contributed by atoms with E-state index in [9.17, 15) is 14.0 Å². The van der Waals surface area contributed by atoms with Crippen LogP contribution in [0, 0.1) is 5.82 Å². The molecule has 142 valence electrons. The van der Waals surface area contributed by atoms with Gasteiger partial charge in [0.15, 0.2) is 0 Å². The van der Waals surface area contributed by atoms with Crippen LogP contribution < -0.4 is 10.6 Å². The molecule has 6 heteroatoms. The van der Waals surface area contributed by atoms with Crippen LogP contribution in [-0.4, -0.2) is 36.5 Å². The number of hydrogen-bond acceptors (Lipinski definition) is 2. The van der Waals surface area contributed by atoms with E-state index in [0.29, 0.717) is 25.9 Å². The number of amides is 3. The first-order valence-electron chi connectivity index (χ1n) is 9.23. The van der Waals surface area contributed by atoms with Crippen LogP contribution in [0.4, 0.5) is 9.18 Å². The Bertz CT molecular complexity index is 782. The van der Waals surface area contributed by atoms with Crippen molar-refractivity contribution < 1.29 is 14.0 Å². The second-order valence-electron chi connectivity index (χ2n) is 6.69. The Kier molecular flexibility index (Phi) is 6.41. The summed E-state index contributed by atoms with van der Waals surface area (Å²) in [5, 5.41) is 5.77. The molecule has 0 radical (unpaired) electrons. The van der Waals surface area contributed by atoms with Gasteiger partial charge in [0.05, 0.1) is 6.04 Å². The maximum absolute atomic E-state index is 13.2. The van der Waals surface area contributed by atoms with Gasteiger partial charge in [0.2, 0.25) is 5.91 Å². The smallest absolute Gasteiger partial charge is 0.315 e. The van der Waals surface area contributed by atoms with Crippen molar-refractivity contribution in [1.82, 2.24) is 15.5 Å². The van der Waals surface area contributed by atoms with Gasteiger partial charge in [-0.15, -0.1) is 0 Å². The van der Waals surface area contributed by atoms with Crippen molar-refractivity contribution >= 4 is 11.9 Å². The Morgan fingerprint density at radius 3 is 2.67 bits per heavy atom. The van der Waals surface area contributed by atoms with Crippen LogP contribution in [0.15, 0.2) is 54.6 Å². The number of rotatable bonds is 7. The molecule has 0 aliphatic carbocycles. The summed E-state index contributed by atoms with van der Waals surface area (Å²) >= 11 is 0. The van der Waals surface area contributed by atoms with E-state index < -0.39 is 0 Å². The fourth-order valence-corrected chi connectivity index (χ4v) is 3.26. The van der Waals surface area contributed by atoms with Crippen molar-refractivity contribution in [1.29, 1.82) is 0 Å². The van der Waals surface area contributed by atoms with Gasteiger partial charge in [-0.1, -0.05) is 42.5 Å². The molecule has 1 unspecified atom stereocenters. The second-order valence-corrected chi connectivity index (χ2v) is 6.69. The summed E-state index contributed by atoms with van der Waals surface area (Å²) in [6.07, 6.45) is 1.98. The third-order valence-electron chi connectivity index (χ3n) is 4.67. The number of nitrogens with zero attached hydrogens (tertiary/aromatic N) is 1. The van der Waals surface area contributed by atoms with Crippen molar-refractivity contribution in [2.75, 3.05) is 19.6 Å². The first-order chi connectivity index (χ1) is 13.1. The van der Waals surface area contributed by atoms with Crippen LogP contribution in [-0.2, 0) is 11.2 Å². The highest BCUT2D eigenvalue weighted by Gasteiger charge is 2.25. The third kappa shape index (κ3) is 5.54. The van der Waals surface area contributed by atoms with E-state index in [-0.39, 0.29) is 23.8 Å². The number of benzene rings is 2. The zero-order valence-corrected chi connectivity index (χ0v) is 15.2. The number of halogens is 1. The minimum absolute atomic E-state index is 0.129. The summed E-state index contributed by atoms with van der Waals surface area (Å²) in [6, 6.07) is 15.4. The number of likely N-dealkylation sites (tertiary alicyclic amines) is 1. The summed E-state index contributed by atoms with van der Waals surface area (Å²) in [5.41, 5.74) is 1.79. The molecule has 1 aliphatic rings. The van der Waals surface area contributed by atoms with E-state index >= 15 is 0 Å². The molecule has 0 spiro atoms. The summed E-state index contributed by atoms with van der Waals surface area (Å²) in [4.78, 5) is 26.1. The van der Waals surface area contributed by atoms with Crippen LogP contribution in [0.2, 0.25) is 0 Å². The minimum atomic E-state index is -0.299. The highest BCUT2D eigenvalue weighted by Crippen LogP contribution is 2.18. The topological polar surface area (TPSA) is 61.4 Å². The average Bonchev–Trinajstić information content (AvgIpc) is 3.07. The van der Waals surface area contributed by atoms with Gasteiger partial charge in [-0.05, 0) is 36.1 Å². The lowest BCUT2D eigenvalue weighted by atomic mass is 10.1. The monoisotopic (exact) mass is 369 g/mol. The molecule has 2 aromatic carbocycles. The molecule has 3 amide bonds. The molecule has 2 aromatic rings. The molecule has 0 saturated carbocycles. The van der Waals surface area contributed by atoms with E-state index in [1.54, 1.807) is 11.0 Å². The van der Waals surface area contributed by atoms with Gasteiger partial charge >= 0.3 is 6.03 Å². The lowest BCUT2D eigenvalue weighted by molar-refractivity contribution is -0.128. The molecule has 3 rings (SSSR count). The van der Waals surface area contributed by atoms with Crippen LogP contribution in [0.25, 0.3) is 0 Å². The van der Waals surface area contributed by atoms with Crippen molar-refractivity contribution in [3.05, 3.63) is 71.5 Å². The van der Waals surface area contributed by atoms with Gasteiger partial charge in [0.25, 0.3) is 0 Å². The van der Waals surface area contributed by atoms with Crippen LogP contribution in [0.5, 0.6) is 0 Å². The highest BCUT2D eigenvalue weighted by molar-refractivity contribution is 5.78. The van der Waals surface area contributed by atoms with Gasteiger partial charge in [-0.2, -0.15) is 0 Å². The van der Waals surface area contributed by atoms with Crippen molar-refractivity contribution in [3.63, 3.8) is 0 Å². The lowest BCUT2D eigenvalue weighted by Crippen LogP contribution is -2.43. The zero-order chi connectivity index (χ0) is 19.1. The Balaban J connectivity index is 1.56. The van der Waals surface area contributed by atoms with Gasteiger partial charge < -0.3 is 15.5 Å². The number of urea groups is 1. The van der Waals surface area contributed by atoms with E-state index in [2.05, 4.69) is 10.6 Å². The van der Waals surface area contributed by atoms with Crippen molar-refractivity contribution in [3.8, 4) is 0 Å². The maximum Gasteiger partial charge on any atom is 0.315 e. The Labute approximate surface area is 158 Å². The fraction of sp³-hybridized carbons (Fsp3) is 0.333. The zero-order valence-electron chi connectivity index (χ0n) is 15.2. The summed E-state index contributed by atoms with van der Waals surface area (Å²) < 4.78 is 13.2. The largest absolute Gasteiger partial charge is 0.340 e. The molecular formula is C21H24FN3O2. The quantitative estimate of drug-likeness (QED) is 0.788. The fourth-order valence-electron chi connectivity index (χ4n) is 3.26. The van der Waals surface area contributed by atoms with Gasteiger partial charge in [-0.25, -0.2) is 9.18 Å². The first kappa shape index (κ1) is 18.9. The second kappa shape index (κ2) is 9.16. The Morgan fingerprint density at radius 2 is 1.96 bits per heavy atom. The van der Waals surface area contributed by atoms with Crippen molar-refractivity contribution in [2.45, 2.75) is 25.3 Å². The molecule has 1 aliphatic heterocycles. The minimum Gasteiger partial charge on any atom is -0.340 e. The Morgan fingerprint density at radius 1 is 1.15 bits per heavy atom. The molecule has 0 bridgehead atoms. The predicted octanol–water partition coefficient (Wildman–Crippen LogP) is 3.03. The molecule has 5 nitrogen and oxygen atoms in total. The van der Waals surface area contributed by atoms with Gasteiger partial charge in [0.1, 0.15) is 5.82 Å². The molecular weight excluding hydrogens is 345 g/mol. The number of hydrogen-bond donors (Lipinski definition) is 2. The Hall–Kier alpha value is -2.89. The number of nitrogens with one attached hydrogen (secondary N) is 2. The third-order valence-corrected chi connectivity index (χ3v) is 4.67. The summed E-state index contributed by atoms with van der Waals surface area (Å²) in [5.74, 6) is -0.152. The van der Waals surface area contributed by atoms with Gasteiger partial charge in [0, 0.05) is 26.1 Å². The predicted molar refractivity (Wildman–Crippen MR) is 102 cm³/mol. The van der Waals surface area contributed by atoms with E-state index in [1.807, 2.05) is 36.4 Å². The molecule has 2 N–H and O–H groups in total. The molecule has 1 atom stereocenters. The van der Waals surface area contributed by atoms with E-state index in [0.717, 1.165) is 24.1 Å². The van der Waals surface area contributed by atoms with Crippen LogP contribution in [0.3, 0.4) is 0 Å². The van der Waals surface area contributed by atoms with Crippen LogP contribution in [0.1, 0.15) is 30.0 Å². The average molecular weight is 369 g/mol. The standard InChI is InChI=1S/C21H24FN3O2/c22-18-9-4-6-16(14-18)11-12-23-21(27)24-19(17-7-2-1-3-8-17)15-25-13-5-10-20(25)26/h1-4,6-9,14,19H,5,10-13,15H2,(H2,23,24,27). The van der Waals surface area contributed by atoms with Crippen LogP contribution >= 0.6 is 0 Å². The normalized spacial score (nSPS) is 14.9. The van der Waals surface area contributed by atoms with Crippen molar-refractivity contribution in [2.24, 2.45) is 0 Å². The van der Waals surface area contributed by atoms with E-state index in [4.69, 9.17) is 0 Å². The van der Waals surface area contributed by atoms with E-state index in [1.165, 1.54) is 12.1 Å². The SMILES string of the molecule is O=C(NCCc1cccc(F)c1)NC(CN1CCCC1=O)c1ccccc1. The molecule has 0 aromatic heterocycles. The summed E-state index contributed by atoms with van der Waals surface area (Å²) in [7, 11) is 0. The van der Waals surface area contributed by atoms with Gasteiger partial charge in [-0.3, -0.25) is 4.79 Å². The highest BCUT2D eigenvalue weighted by atomic mass is 19.1. The number of carbonyl (C=O) groups is 2. The summed E-state index contributed by atoms with van der Waals surface area (Å²) in [6.45, 7) is 1.59. The molecule has 1 fully saturated rings. The maximum atomic E-state index is 13.2. The number of carbonyl (C=O) groups excluding carboxylic acids is 2. The lowest BCUT2D eigenvalue weighted by Gasteiger charge is -2.25. The first-order valence-corrected chi connectivity index (χ1v) is 9.23. The molecule has 1 heterocycles.